The molecule has 96 valence electrons. The highest BCUT2D eigenvalue weighted by atomic mass is 32.1. The summed E-state index contributed by atoms with van der Waals surface area (Å²) in [6, 6.07) is 3.92. The minimum Gasteiger partial charge on any atom is -0.396 e. The second-order valence-corrected chi connectivity index (χ2v) is 4.77. The number of amides is 1. The van der Waals surface area contributed by atoms with E-state index in [2.05, 4.69) is 15.6 Å². The first-order valence-corrected chi connectivity index (χ1v) is 6.45. The molecule has 0 saturated heterocycles. The fourth-order valence-electron chi connectivity index (χ4n) is 1.45. The van der Waals surface area contributed by atoms with Crippen molar-refractivity contribution < 1.29 is 9.90 Å². The first-order chi connectivity index (χ1) is 8.78. The van der Waals surface area contributed by atoms with Gasteiger partial charge in [0.25, 0.3) is 0 Å². The minimum atomic E-state index is -0.108. The SMILES string of the molecule is O=C(Cn1cc(CCO)nn1)NCc1cccs1. The number of carbonyl (C=O) groups excluding carboxylic acids is 1. The molecule has 0 aromatic carbocycles. The maximum atomic E-state index is 11.6. The van der Waals surface area contributed by atoms with E-state index in [1.54, 1.807) is 17.5 Å². The molecular formula is C11H14N4O2S. The monoisotopic (exact) mass is 266 g/mol. The number of aliphatic hydroxyl groups is 1. The Balaban J connectivity index is 1.79. The number of nitrogens with zero attached hydrogens (tertiary/aromatic N) is 3. The first kappa shape index (κ1) is 12.7. The second-order valence-electron chi connectivity index (χ2n) is 3.74. The predicted molar refractivity (Wildman–Crippen MR) is 67.0 cm³/mol. The Morgan fingerprint density at radius 1 is 1.56 bits per heavy atom. The van der Waals surface area contributed by atoms with E-state index in [0.717, 1.165) is 4.88 Å². The van der Waals surface area contributed by atoms with Crippen molar-refractivity contribution in [3.63, 3.8) is 0 Å². The number of nitrogens with one attached hydrogen (secondary N) is 1. The molecule has 2 rings (SSSR count). The van der Waals surface area contributed by atoms with Crippen molar-refractivity contribution in [3.8, 4) is 0 Å². The fraction of sp³-hybridized carbons (Fsp3) is 0.364. The standard InChI is InChI=1S/C11H14N4O2S/c16-4-3-9-7-15(14-13-9)8-11(17)12-6-10-2-1-5-18-10/h1-2,5,7,16H,3-4,6,8H2,(H,12,17). The van der Waals surface area contributed by atoms with Crippen LogP contribution in [0, 0.1) is 0 Å². The Morgan fingerprint density at radius 3 is 3.17 bits per heavy atom. The highest BCUT2D eigenvalue weighted by Gasteiger charge is 2.05. The van der Waals surface area contributed by atoms with E-state index in [9.17, 15) is 4.79 Å². The molecule has 18 heavy (non-hydrogen) atoms. The molecule has 0 saturated carbocycles. The van der Waals surface area contributed by atoms with E-state index in [-0.39, 0.29) is 19.1 Å². The molecule has 7 heteroatoms. The Kier molecular flexibility index (Phi) is 4.43. The number of thiophene rings is 1. The van der Waals surface area contributed by atoms with Gasteiger partial charge >= 0.3 is 0 Å². The van der Waals surface area contributed by atoms with E-state index in [1.165, 1.54) is 4.68 Å². The van der Waals surface area contributed by atoms with Crippen molar-refractivity contribution >= 4 is 17.2 Å². The molecule has 0 aliphatic heterocycles. The highest BCUT2D eigenvalue weighted by Crippen LogP contribution is 2.07. The van der Waals surface area contributed by atoms with Gasteiger partial charge in [-0.25, -0.2) is 4.68 Å². The number of aromatic nitrogens is 3. The summed E-state index contributed by atoms with van der Waals surface area (Å²) >= 11 is 1.60. The van der Waals surface area contributed by atoms with Gasteiger partial charge in [-0.2, -0.15) is 0 Å². The van der Waals surface area contributed by atoms with Gasteiger partial charge in [0.15, 0.2) is 0 Å². The molecule has 2 heterocycles. The normalized spacial score (nSPS) is 10.5. The molecule has 0 aliphatic rings. The first-order valence-electron chi connectivity index (χ1n) is 5.57. The highest BCUT2D eigenvalue weighted by molar-refractivity contribution is 7.09. The summed E-state index contributed by atoms with van der Waals surface area (Å²) in [5.74, 6) is -0.108. The van der Waals surface area contributed by atoms with E-state index in [4.69, 9.17) is 5.11 Å². The van der Waals surface area contributed by atoms with Crippen molar-refractivity contribution in [2.45, 2.75) is 19.5 Å². The Bertz CT molecular complexity index is 495. The van der Waals surface area contributed by atoms with Crippen LogP contribution in [-0.4, -0.2) is 32.6 Å². The van der Waals surface area contributed by atoms with Crippen LogP contribution in [0.2, 0.25) is 0 Å². The van der Waals surface area contributed by atoms with Crippen molar-refractivity contribution in [2.75, 3.05) is 6.61 Å². The van der Waals surface area contributed by atoms with Crippen molar-refractivity contribution in [1.82, 2.24) is 20.3 Å². The molecule has 2 N–H and O–H groups in total. The average molecular weight is 266 g/mol. The maximum absolute atomic E-state index is 11.6. The van der Waals surface area contributed by atoms with Crippen LogP contribution in [0.25, 0.3) is 0 Å². The lowest BCUT2D eigenvalue weighted by atomic mass is 10.3. The fourth-order valence-corrected chi connectivity index (χ4v) is 2.09. The van der Waals surface area contributed by atoms with Gasteiger partial charge < -0.3 is 10.4 Å². The van der Waals surface area contributed by atoms with E-state index in [0.29, 0.717) is 18.7 Å². The smallest absolute Gasteiger partial charge is 0.242 e. The second kappa shape index (κ2) is 6.27. The van der Waals surface area contributed by atoms with E-state index in [1.807, 2.05) is 17.5 Å². The quantitative estimate of drug-likeness (QED) is 0.782. The molecule has 1 amide bonds. The topological polar surface area (TPSA) is 80.0 Å². The molecule has 2 aromatic rings. The lowest BCUT2D eigenvalue weighted by Gasteiger charge is -2.02. The predicted octanol–water partition coefficient (Wildman–Crippen LogP) is 0.191. The van der Waals surface area contributed by atoms with Gasteiger partial charge in [-0.15, -0.1) is 16.4 Å². The van der Waals surface area contributed by atoms with Crippen molar-refractivity contribution in [1.29, 1.82) is 0 Å². The molecule has 0 atom stereocenters. The third kappa shape index (κ3) is 3.64. The Morgan fingerprint density at radius 2 is 2.44 bits per heavy atom. The van der Waals surface area contributed by atoms with Gasteiger partial charge in [0.1, 0.15) is 6.54 Å². The summed E-state index contributed by atoms with van der Waals surface area (Å²) < 4.78 is 1.47. The van der Waals surface area contributed by atoms with Crippen LogP contribution in [0.1, 0.15) is 10.6 Å². The average Bonchev–Trinajstić information content (AvgIpc) is 2.99. The summed E-state index contributed by atoms with van der Waals surface area (Å²) in [7, 11) is 0. The summed E-state index contributed by atoms with van der Waals surface area (Å²) in [6.45, 7) is 0.710. The molecule has 0 spiro atoms. The Hall–Kier alpha value is -1.73. The lowest BCUT2D eigenvalue weighted by molar-refractivity contribution is -0.122. The molecule has 0 fully saturated rings. The summed E-state index contributed by atoms with van der Waals surface area (Å²) in [4.78, 5) is 12.7. The number of aliphatic hydroxyl groups excluding tert-OH is 1. The van der Waals surface area contributed by atoms with Crippen LogP contribution in [-0.2, 0) is 24.3 Å². The van der Waals surface area contributed by atoms with Gasteiger partial charge in [-0.1, -0.05) is 11.3 Å². The maximum Gasteiger partial charge on any atom is 0.242 e. The minimum absolute atomic E-state index is 0.0310. The zero-order chi connectivity index (χ0) is 12.8. The third-order valence-corrected chi connectivity index (χ3v) is 3.18. The van der Waals surface area contributed by atoms with Gasteiger partial charge in [0.05, 0.1) is 12.2 Å². The number of carbonyl (C=O) groups is 1. The van der Waals surface area contributed by atoms with Crippen molar-refractivity contribution in [3.05, 3.63) is 34.3 Å². The van der Waals surface area contributed by atoms with Gasteiger partial charge in [-0.05, 0) is 11.4 Å². The molecule has 0 aliphatic carbocycles. The zero-order valence-electron chi connectivity index (χ0n) is 9.74. The Labute approximate surface area is 108 Å². The third-order valence-electron chi connectivity index (χ3n) is 2.30. The van der Waals surface area contributed by atoms with Gasteiger partial charge in [0.2, 0.25) is 5.91 Å². The molecule has 0 bridgehead atoms. The molecule has 0 radical (unpaired) electrons. The summed E-state index contributed by atoms with van der Waals surface area (Å²) in [5, 5.41) is 21.2. The van der Waals surface area contributed by atoms with Crippen molar-refractivity contribution in [2.24, 2.45) is 0 Å². The zero-order valence-corrected chi connectivity index (χ0v) is 10.6. The van der Waals surface area contributed by atoms with Gasteiger partial charge in [-0.3, -0.25) is 4.79 Å². The summed E-state index contributed by atoms with van der Waals surface area (Å²) in [5.41, 5.74) is 0.684. The van der Waals surface area contributed by atoms with Crippen LogP contribution in [0.15, 0.2) is 23.7 Å². The number of hydrogen-bond donors (Lipinski definition) is 2. The number of hydrogen-bond acceptors (Lipinski definition) is 5. The van der Waals surface area contributed by atoms with Gasteiger partial charge in [0, 0.05) is 24.1 Å². The van der Waals surface area contributed by atoms with E-state index < -0.39 is 0 Å². The van der Waals surface area contributed by atoms with Crippen LogP contribution in [0.3, 0.4) is 0 Å². The largest absolute Gasteiger partial charge is 0.396 e. The summed E-state index contributed by atoms with van der Waals surface area (Å²) in [6.07, 6.45) is 2.12. The van der Waals surface area contributed by atoms with Crippen LogP contribution in [0.4, 0.5) is 0 Å². The number of rotatable bonds is 6. The molecular weight excluding hydrogens is 252 g/mol. The molecule has 6 nitrogen and oxygen atoms in total. The molecule has 2 aromatic heterocycles. The van der Waals surface area contributed by atoms with E-state index >= 15 is 0 Å². The lowest BCUT2D eigenvalue weighted by Crippen LogP contribution is -2.27. The van der Waals surface area contributed by atoms with Crippen LogP contribution < -0.4 is 5.32 Å². The van der Waals surface area contributed by atoms with Crippen LogP contribution >= 0.6 is 11.3 Å². The van der Waals surface area contributed by atoms with Crippen LogP contribution in [0.5, 0.6) is 0 Å². The molecule has 0 unspecified atom stereocenters.